The van der Waals surface area contributed by atoms with E-state index in [-0.39, 0.29) is 12.3 Å². The normalized spacial score (nSPS) is 20.6. The predicted molar refractivity (Wildman–Crippen MR) is 41.2 cm³/mol. The Hall–Kier alpha value is -1.85. The molecule has 0 unspecified atom stereocenters. The molecule has 1 aliphatic rings. The van der Waals surface area contributed by atoms with Gasteiger partial charge in [-0.25, -0.2) is 4.79 Å². The van der Waals surface area contributed by atoms with Crippen LogP contribution in [-0.4, -0.2) is 33.2 Å². The highest BCUT2D eigenvalue weighted by Gasteiger charge is 2.29. The number of carboxylic acids is 1. The second-order valence-corrected chi connectivity index (χ2v) is 2.83. The fraction of sp³-hybridized carbons (Fsp3) is 0.286. The molecule has 68 valence electrons. The fourth-order valence-corrected chi connectivity index (χ4v) is 1.30. The number of fused-ring (bicyclic) bond motifs is 1. The number of aliphatic carboxylic acids is 1. The molecule has 1 aromatic heterocycles. The molecule has 0 aromatic carbocycles. The monoisotopic (exact) mass is 181 g/mol. The first-order chi connectivity index (χ1) is 6.18. The third-order valence-electron chi connectivity index (χ3n) is 1.97. The van der Waals surface area contributed by atoms with E-state index in [1.165, 1.54) is 6.20 Å². The molecule has 1 aromatic rings. The lowest BCUT2D eigenvalue weighted by Gasteiger charge is -2.18. The topological polar surface area (TPSA) is 95.1 Å². The van der Waals surface area contributed by atoms with Crippen LogP contribution < -0.4 is 5.32 Å². The molecule has 0 spiro atoms. The van der Waals surface area contributed by atoms with Gasteiger partial charge in [0.15, 0.2) is 0 Å². The molecule has 3 N–H and O–H groups in total. The highest BCUT2D eigenvalue weighted by Crippen LogP contribution is 2.13. The Morgan fingerprint density at radius 1 is 1.69 bits per heavy atom. The van der Waals surface area contributed by atoms with Gasteiger partial charge < -0.3 is 10.4 Å². The first kappa shape index (κ1) is 7.78. The van der Waals surface area contributed by atoms with E-state index in [0.29, 0.717) is 11.3 Å². The summed E-state index contributed by atoms with van der Waals surface area (Å²) in [5.74, 6) is -1.42. The molecule has 13 heavy (non-hydrogen) atoms. The minimum atomic E-state index is -1.03. The summed E-state index contributed by atoms with van der Waals surface area (Å²) in [7, 11) is 0. The molecule has 0 aliphatic carbocycles. The van der Waals surface area contributed by atoms with E-state index >= 15 is 0 Å². The number of carbonyl (C=O) groups excluding carboxylic acids is 1. The Morgan fingerprint density at radius 3 is 3.15 bits per heavy atom. The number of nitrogens with one attached hydrogen (secondary N) is 2. The molecule has 1 amide bonds. The van der Waals surface area contributed by atoms with Crippen LogP contribution in [0.4, 0.5) is 0 Å². The van der Waals surface area contributed by atoms with Gasteiger partial charge >= 0.3 is 5.97 Å². The van der Waals surface area contributed by atoms with Gasteiger partial charge in [0.1, 0.15) is 6.04 Å². The molecular weight excluding hydrogens is 174 g/mol. The van der Waals surface area contributed by atoms with E-state index < -0.39 is 12.0 Å². The first-order valence-electron chi connectivity index (χ1n) is 3.74. The summed E-state index contributed by atoms with van der Waals surface area (Å²) in [6, 6.07) is -0.847. The molecule has 0 saturated carbocycles. The molecule has 0 fully saturated rings. The third kappa shape index (κ3) is 1.16. The predicted octanol–water partition coefficient (Wildman–Crippen LogP) is -0.851. The van der Waals surface area contributed by atoms with E-state index in [0.717, 1.165) is 0 Å². The fourth-order valence-electron chi connectivity index (χ4n) is 1.30. The van der Waals surface area contributed by atoms with Gasteiger partial charge in [-0.05, 0) is 0 Å². The number of hydrogen-bond donors (Lipinski definition) is 3. The van der Waals surface area contributed by atoms with Crippen LogP contribution >= 0.6 is 0 Å². The Labute approximate surface area is 72.9 Å². The molecule has 0 bridgehead atoms. The second-order valence-electron chi connectivity index (χ2n) is 2.83. The summed E-state index contributed by atoms with van der Waals surface area (Å²) in [4.78, 5) is 21.8. The van der Waals surface area contributed by atoms with Gasteiger partial charge in [0.2, 0.25) is 0 Å². The largest absolute Gasteiger partial charge is 0.480 e. The van der Waals surface area contributed by atoms with Crippen molar-refractivity contribution >= 4 is 11.9 Å². The van der Waals surface area contributed by atoms with E-state index in [1.54, 1.807) is 0 Å². The van der Waals surface area contributed by atoms with Crippen molar-refractivity contribution in [3.05, 3.63) is 17.5 Å². The lowest BCUT2D eigenvalue weighted by Crippen LogP contribution is -2.46. The minimum Gasteiger partial charge on any atom is -0.480 e. The van der Waals surface area contributed by atoms with Crippen molar-refractivity contribution in [2.75, 3.05) is 0 Å². The SMILES string of the molecule is O=C1N[C@H](C(=O)O)Cc2[nH]ncc21. The van der Waals surface area contributed by atoms with Crippen LogP contribution in [0, 0.1) is 0 Å². The number of carbonyl (C=O) groups is 2. The molecular formula is C7H7N3O3. The average molecular weight is 181 g/mol. The Morgan fingerprint density at radius 2 is 2.46 bits per heavy atom. The molecule has 0 radical (unpaired) electrons. The molecule has 6 heteroatoms. The van der Waals surface area contributed by atoms with Crippen LogP contribution in [0.3, 0.4) is 0 Å². The highest BCUT2D eigenvalue weighted by atomic mass is 16.4. The van der Waals surface area contributed by atoms with Crippen molar-refractivity contribution in [2.45, 2.75) is 12.5 Å². The number of carboxylic acid groups (broad SMARTS) is 1. The van der Waals surface area contributed by atoms with E-state index in [2.05, 4.69) is 15.5 Å². The molecule has 2 heterocycles. The zero-order chi connectivity index (χ0) is 9.42. The van der Waals surface area contributed by atoms with Gasteiger partial charge in [0, 0.05) is 6.42 Å². The van der Waals surface area contributed by atoms with Crippen LogP contribution in [-0.2, 0) is 11.2 Å². The maximum atomic E-state index is 11.2. The summed E-state index contributed by atoms with van der Waals surface area (Å²) in [6.07, 6.45) is 1.65. The van der Waals surface area contributed by atoms with Crippen molar-refractivity contribution in [2.24, 2.45) is 0 Å². The lowest BCUT2D eigenvalue weighted by atomic mass is 10.0. The van der Waals surface area contributed by atoms with Gasteiger partial charge in [-0.1, -0.05) is 0 Å². The van der Waals surface area contributed by atoms with Gasteiger partial charge in [0.25, 0.3) is 5.91 Å². The number of aromatic nitrogens is 2. The summed E-state index contributed by atoms with van der Waals surface area (Å²) < 4.78 is 0. The number of nitrogens with zero attached hydrogens (tertiary/aromatic N) is 1. The van der Waals surface area contributed by atoms with Crippen LogP contribution in [0.1, 0.15) is 16.1 Å². The van der Waals surface area contributed by atoms with Gasteiger partial charge in [-0.3, -0.25) is 9.89 Å². The molecule has 1 atom stereocenters. The highest BCUT2D eigenvalue weighted by molar-refractivity contribution is 5.99. The van der Waals surface area contributed by atoms with Crippen LogP contribution in [0.5, 0.6) is 0 Å². The van der Waals surface area contributed by atoms with Crippen molar-refractivity contribution in [3.8, 4) is 0 Å². The number of rotatable bonds is 1. The first-order valence-corrected chi connectivity index (χ1v) is 3.74. The van der Waals surface area contributed by atoms with E-state index in [4.69, 9.17) is 5.11 Å². The van der Waals surface area contributed by atoms with Crippen molar-refractivity contribution in [3.63, 3.8) is 0 Å². The number of amides is 1. The lowest BCUT2D eigenvalue weighted by molar-refractivity contribution is -0.139. The molecule has 6 nitrogen and oxygen atoms in total. The van der Waals surface area contributed by atoms with Crippen molar-refractivity contribution < 1.29 is 14.7 Å². The number of hydrogen-bond acceptors (Lipinski definition) is 3. The zero-order valence-corrected chi connectivity index (χ0v) is 6.57. The summed E-state index contributed by atoms with van der Waals surface area (Å²) in [6.45, 7) is 0. The quantitative estimate of drug-likeness (QED) is 0.525. The molecule has 1 aliphatic heterocycles. The standard InChI is InChI=1S/C7H7N3O3/c11-6-3-2-8-10-4(3)1-5(9-6)7(12)13/h2,5H,1H2,(H,8,10)(H,9,11)(H,12,13)/t5-/m0/s1. The van der Waals surface area contributed by atoms with Gasteiger partial charge in [-0.2, -0.15) is 5.10 Å². The maximum Gasteiger partial charge on any atom is 0.326 e. The minimum absolute atomic E-state index is 0.260. The Bertz CT molecular complexity index is 371. The summed E-state index contributed by atoms with van der Waals surface area (Å²) in [5, 5.41) is 17.3. The smallest absolute Gasteiger partial charge is 0.326 e. The Balaban J connectivity index is 2.34. The summed E-state index contributed by atoms with van der Waals surface area (Å²) >= 11 is 0. The van der Waals surface area contributed by atoms with Crippen LogP contribution in [0.25, 0.3) is 0 Å². The van der Waals surface area contributed by atoms with Crippen molar-refractivity contribution in [1.29, 1.82) is 0 Å². The zero-order valence-electron chi connectivity index (χ0n) is 6.57. The van der Waals surface area contributed by atoms with Crippen molar-refractivity contribution in [1.82, 2.24) is 15.5 Å². The molecule has 2 rings (SSSR count). The van der Waals surface area contributed by atoms with Crippen LogP contribution in [0.2, 0.25) is 0 Å². The second kappa shape index (κ2) is 2.58. The van der Waals surface area contributed by atoms with Gasteiger partial charge in [-0.15, -0.1) is 0 Å². The molecule has 0 saturated heterocycles. The maximum absolute atomic E-state index is 11.2. The number of aromatic amines is 1. The summed E-state index contributed by atoms with van der Waals surface area (Å²) in [5.41, 5.74) is 1.01. The van der Waals surface area contributed by atoms with E-state index in [1.807, 2.05) is 0 Å². The average Bonchev–Trinajstić information content (AvgIpc) is 2.51. The van der Waals surface area contributed by atoms with Gasteiger partial charge in [0.05, 0.1) is 17.5 Å². The number of H-pyrrole nitrogens is 1. The van der Waals surface area contributed by atoms with Crippen LogP contribution in [0.15, 0.2) is 6.20 Å². The third-order valence-corrected chi connectivity index (χ3v) is 1.97. The van der Waals surface area contributed by atoms with E-state index in [9.17, 15) is 9.59 Å². The Kier molecular flexibility index (Phi) is 1.54.